The molecule has 4 aromatic rings. The van der Waals surface area contributed by atoms with Crippen LogP contribution in [-0.4, -0.2) is 43.4 Å². The quantitative estimate of drug-likeness (QED) is 0.202. The van der Waals surface area contributed by atoms with Crippen molar-refractivity contribution in [3.63, 3.8) is 0 Å². The molecule has 0 amide bonds. The number of hydrogen-bond donors (Lipinski definition) is 0. The second-order valence-electron chi connectivity index (χ2n) is 10.9. The maximum Gasteiger partial charge on any atom is 0.342 e. The molecule has 6 rings (SSSR count). The van der Waals surface area contributed by atoms with Gasteiger partial charge in [-0.1, -0.05) is 78.4 Å². The molecule has 4 aromatic carbocycles. The number of benzene rings is 4. The molecule has 1 spiro atoms. The first-order chi connectivity index (χ1) is 20.7. The van der Waals surface area contributed by atoms with Gasteiger partial charge in [-0.15, -0.1) is 0 Å². The smallest absolute Gasteiger partial charge is 0.342 e. The van der Waals surface area contributed by atoms with Gasteiger partial charge in [0, 0.05) is 6.42 Å². The number of carbonyl (C=O) groups excluding carboxylic acids is 2. The molecule has 1 saturated heterocycles. The Morgan fingerprint density at radius 2 is 1.49 bits per heavy atom. The zero-order valence-electron chi connectivity index (χ0n) is 24.3. The lowest BCUT2D eigenvalue weighted by atomic mass is 9.74. The minimum absolute atomic E-state index is 0.0227. The molecule has 0 N–H and O–H groups in total. The molecule has 0 aliphatic carbocycles. The van der Waals surface area contributed by atoms with Crippen LogP contribution in [0.15, 0.2) is 95.9 Å². The topological polar surface area (TPSA) is 99.2 Å². The van der Waals surface area contributed by atoms with E-state index in [4.69, 9.17) is 14.2 Å². The summed E-state index contributed by atoms with van der Waals surface area (Å²) in [4.78, 5) is 28.9. The highest BCUT2D eigenvalue weighted by molar-refractivity contribution is 7.89. The van der Waals surface area contributed by atoms with Crippen molar-refractivity contribution in [2.45, 2.75) is 55.9 Å². The number of aryl methyl sites for hydroxylation is 1. The van der Waals surface area contributed by atoms with Crippen LogP contribution in [0.3, 0.4) is 0 Å². The Kier molecular flexibility index (Phi) is 7.36. The third-order valence-electron chi connectivity index (χ3n) is 8.48. The molecule has 9 heteroatoms. The van der Waals surface area contributed by atoms with Crippen LogP contribution in [0.1, 0.15) is 48.6 Å². The highest BCUT2D eigenvalue weighted by atomic mass is 32.2. The maximum absolute atomic E-state index is 14.9. The van der Waals surface area contributed by atoms with E-state index >= 15 is 0 Å². The Balaban J connectivity index is 1.72. The first kappa shape index (κ1) is 29.0. The highest BCUT2D eigenvalue weighted by Gasteiger charge is 2.79. The number of hydrogen-bond acceptors (Lipinski definition) is 7. The molecule has 2 aliphatic heterocycles. The molecule has 1 fully saturated rings. The molecule has 222 valence electrons. The van der Waals surface area contributed by atoms with E-state index in [2.05, 4.69) is 0 Å². The molecular formula is C34H33NO7S. The third-order valence-corrected chi connectivity index (χ3v) is 10.4. The average Bonchev–Trinajstić information content (AvgIpc) is 3.55. The van der Waals surface area contributed by atoms with Crippen LogP contribution < -0.4 is 0 Å². The van der Waals surface area contributed by atoms with Gasteiger partial charge in [0.2, 0.25) is 10.0 Å². The van der Waals surface area contributed by atoms with Crippen LogP contribution in [0.5, 0.6) is 0 Å². The van der Waals surface area contributed by atoms with Gasteiger partial charge in [-0.05, 0) is 66.4 Å². The van der Waals surface area contributed by atoms with Crippen molar-refractivity contribution in [3.05, 3.63) is 113 Å². The molecule has 8 nitrogen and oxygen atoms in total. The largest absolute Gasteiger partial charge is 0.464 e. The molecular weight excluding hydrogens is 566 g/mol. The molecule has 43 heavy (non-hydrogen) atoms. The van der Waals surface area contributed by atoms with Gasteiger partial charge in [0.15, 0.2) is 0 Å². The Morgan fingerprint density at radius 3 is 2.16 bits per heavy atom. The van der Waals surface area contributed by atoms with Crippen LogP contribution in [0.2, 0.25) is 0 Å². The Morgan fingerprint density at radius 1 is 0.860 bits per heavy atom. The lowest BCUT2D eigenvalue weighted by molar-refractivity contribution is -0.190. The minimum Gasteiger partial charge on any atom is -0.464 e. The van der Waals surface area contributed by atoms with Crippen molar-refractivity contribution in [3.8, 4) is 0 Å². The molecule has 0 aromatic heterocycles. The lowest BCUT2D eigenvalue weighted by Crippen LogP contribution is -2.68. The van der Waals surface area contributed by atoms with Gasteiger partial charge in [0.05, 0.1) is 30.8 Å². The summed E-state index contributed by atoms with van der Waals surface area (Å²) in [5.41, 5.74) is -1.46. The van der Waals surface area contributed by atoms with E-state index in [9.17, 15) is 18.0 Å². The average molecular weight is 600 g/mol. The Bertz CT molecular complexity index is 1800. The second kappa shape index (κ2) is 10.9. The molecule has 2 heterocycles. The normalized spacial score (nSPS) is 21.1. The van der Waals surface area contributed by atoms with E-state index in [1.54, 1.807) is 38.1 Å². The molecule has 0 unspecified atom stereocenters. The van der Waals surface area contributed by atoms with E-state index in [0.717, 1.165) is 26.2 Å². The summed E-state index contributed by atoms with van der Waals surface area (Å²) < 4.78 is 48.6. The molecule has 0 bridgehead atoms. The van der Waals surface area contributed by atoms with E-state index < -0.39 is 39.1 Å². The monoisotopic (exact) mass is 599 g/mol. The van der Waals surface area contributed by atoms with Gasteiger partial charge in [-0.2, -0.15) is 4.31 Å². The lowest BCUT2D eigenvalue weighted by Gasteiger charge is -2.42. The van der Waals surface area contributed by atoms with Crippen molar-refractivity contribution < 1.29 is 32.2 Å². The van der Waals surface area contributed by atoms with Crippen LogP contribution in [-0.2, 0) is 46.0 Å². The SMILES string of the molecule is CCOC(=O)C1(C(=O)OCC)N(S(=O)(=O)c2ccc(C)cc2)[C@H](c2ccc3ccccc3c2)C[C@@]12OCc1ccccc12. The fraction of sp³-hybridized carbons (Fsp3) is 0.294. The van der Waals surface area contributed by atoms with Crippen LogP contribution in [0.4, 0.5) is 0 Å². The summed E-state index contributed by atoms with van der Waals surface area (Å²) in [6.07, 6.45) is -0.0227. The maximum atomic E-state index is 14.9. The molecule has 2 atom stereocenters. The number of rotatable bonds is 7. The highest BCUT2D eigenvalue weighted by Crippen LogP contribution is 2.62. The van der Waals surface area contributed by atoms with Gasteiger partial charge in [-0.25, -0.2) is 18.0 Å². The molecule has 2 aliphatic rings. The number of carbonyl (C=O) groups is 2. The van der Waals surface area contributed by atoms with Crippen LogP contribution in [0.25, 0.3) is 10.8 Å². The van der Waals surface area contributed by atoms with Crippen molar-refractivity contribution in [1.29, 1.82) is 0 Å². The van der Waals surface area contributed by atoms with Crippen molar-refractivity contribution in [2.24, 2.45) is 0 Å². The zero-order valence-corrected chi connectivity index (χ0v) is 25.1. The van der Waals surface area contributed by atoms with Gasteiger partial charge in [-0.3, -0.25) is 0 Å². The van der Waals surface area contributed by atoms with Crippen molar-refractivity contribution in [1.82, 2.24) is 4.31 Å². The molecule has 0 radical (unpaired) electrons. The first-order valence-electron chi connectivity index (χ1n) is 14.4. The summed E-state index contributed by atoms with van der Waals surface area (Å²) in [5.74, 6) is -2.08. The standard InChI is InChI=1S/C34H33NO7S/c1-4-40-31(36)34(32(37)41-5-2)33(29-13-9-8-12-27(29)22-42-33)21-30(26-17-16-24-10-6-7-11-25(24)20-26)35(34)43(38,39)28-18-14-23(3)15-19-28/h6-20,30H,4-5,21-22H2,1-3H3/t30-,33-/m0/s1. The predicted octanol–water partition coefficient (Wildman–Crippen LogP) is 5.57. The molecule has 0 saturated carbocycles. The summed E-state index contributed by atoms with van der Waals surface area (Å²) in [5, 5.41) is 1.86. The van der Waals surface area contributed by atoms with E-state index in [1.165, 1.54) is 12.1 Å². The van der Waals surface area contributed by atoms with Gasteiger partial charge < -0.3 is 14.2 Å². The number of sulfonamides is 1. The summed E-state index contributed by atoms with van der Waals surface area (Å²) in [6.45, 7) is 4.99. The zero-order chi connectivity index (χ0) is 30.4. The number of fused-ring (bicyclic) bond motifs is 3. The number of nitrogens with zero attached hydrogens (tertiary/aromatic N) is 1. The Hall–Kier alpha value is -4.05. The van der Waals surface area contributed by atoms with E-state index in [-0.39, 0.29) is 31.1 Å². The number of ether oxygens (including phenoxy) is 3. The van der Waals surface area contributed by atoms with Crippen LogP contribution >= 0.6 is 0 Å². The van der Waals surface area contributed by atoms with Gasteiger partial charge >= 0.3 is 11.9 Å². The van der Waals surface area contributed by atoms with Crippen molar-refractivity contribution >= 4 is 32.7 Å². The van der Waals surface area contributed by atoms with Gasteiger partial charge in [0.1, 0.15) is 5.60 Å². The summed E-state index contributed by atoms with van der Waals surface area (Å²) >= 11 is 0. The second-order valence-corrected chi connectivity index (χ2v) is 12.7. The third kappa shape index (κ3) is 4.29. The minimum atomic E-state index is -4.55. The summed E-state index contributed by atoms with van der Waals surface area (Å²) in [7, 11) is -4.55. The van der Waals surface area contributed by atoms with Crippen molar-refractivity contribution in [2.75, 3.05) is 13.2 Å². The van der Waals surface area contributed by atoms with Gasteiger partial charge in [0.25, 0.3) is 5.54 Å². The summed E-state index contributed by atoms with van der Waals surface area (Å²) in [6, 6.07) is 26.0. The fourth-order valence-corrected chi connectivity index (χ4v) is 8.50. The predicted molar refractivity (Wildman–Crippen MR) is 160 cm³/mol. The van der Waals surface area contributed by atoms with Crippen LogP contribution in [0, 0.1) is 6.92 Å². The van der Waals surface area contributed by atoms with E-state index in [1.807, 2.05) is 61.5 Å². The Labute approximate surface area is 251 Å². The van der Waals surface area contributed by atoms with E-state index in [0.29, 0.717) is 11.1 Å². The number of esters is 2. The first-order valence-corrected chi connectivity index (χ1v) is 15.8. The fourth-order valence-electron chi connectivity index (χ4n) is 6.61.